The number of benzene rings is 1. The molecule has 0 amide bonds. The molecule has 0 spiro atoms. The second-order valence-electron chi connectivity index (χ2n) is 3.37. The van der Waals surface area contributed by atoms with E-state index in [0.717, 1.165) is 0 Å². The summed E-state index contributed by atoms with van der Waals surface area (Å²) in [6.07, 6.45) is 0. The molecule has 1 heterocycles. The Balaban J connectivity index is 2.32. The lowest BCUT2D eigenvalue weighted by atomic mass is 10.3. The van der Waals surface area contributed by atoms with Gasteiger partial charge < -0.3 is 5.32 Å². The van der Waals surface area contributed by atoms with Crippen molar-refractivity contribution in [3.63, 3.8) is 0 Å². The molecule has 0 saturated carbocycles. The molecule has 0 aliphatic carbocycles. The van der Waals surface area contributed by atoms with E-state index in [1.165, 1.54) is 6.92 Å². The summed E-state index contributed by atoms with van der Waals surface area (Å²) in [5, 5.41) is 3.42. The highest BCUT2D eigenvalue weighted by Crippen LogP contribution is 2.22. The minimum atomic E-state index is -0.524. The monoisotopic (exact) mass is 271 g/mol. The molecule has 0 aliphatic heterocycles. The van der Waals surface area contributed by atoms with E-state index in [2.05, 4.69) is 15.3 Å². The van der Waals surface area contributed by atoms with Gasteiger partial charge in [-0.3, -0.25) is 0 Å². The van der Waals surface area contributed by atoms with Gasteiger partial charge in [-0.15, -0.1) is 0 Å². The standard InChI is InChI=1S/C11H8Cl2FN3/c1-6-9(14)10(17-11(13)15-6)16-8-4-2-7(12)3-5-8/h2-5H,1H3,(H,15,16,17). The van der Waals surface area contributed by atoms with Crippen LogP contribution in [0.2, 0.25) is 10.3 Å². The Bertz CT molecular complexity index is 543. The molecule has 1 N–H and O–H groups in total. The Morgan fingerprint density at radius 3 is 2.41 bits per heavy atom. The Labute approximate surface area is 108 Å². The number of aromatic nitrogens is 2. The highest BCUT2D eigenvalue weighted by molar-refractivity contribution is 6.30. The molecule has 0 radical (unpaired) electrons. The lowest BCUT2D eigenvalue weighted by molar-refractivity contribution is 0.607. The van der Waals surface area contributed by atoms with Crippen molar-refractivity contribution >= 4 is 34.7 Å². The SMILES string of the molecule is Cc1nc(Cl)nc(Nc2ccc(Cl)cc2)c1F. The predicted molar refractivity (Wildman–Crippen MR) is 66.5 cm³/mol. The largest absolute Gasteiger partial charge is 0.338 e. The quantitative estimate of drug-likeness (QED) is 0.840. The fraction of sp³-hybridized carbons (Fsp3) is 0.0909. The summed E-state index contributed by atoms with van der Waals surface area (Å²) < 4.78 is 13.7. The van der Waals surface area contributed by atoms with Crippen molar-refractivity contribution in [2.75, 3.05) is 5.32 Å². The molecule has 2 rings (SSSR count). The number of hydrogen-bond donors (Lipinski definition) is 1. The van der Waals surface area contributed by atoms with Crippen LogP contribution in [0.1, 0.15) is 5.69 Å². The Morgan fingerprint density at radius 2 is 1.76 bits per heavy atom. The number of aryl methyl sites for hydroxylation is 1. The van der Waals surface area contributed by atoms with Crippen LogP contribution in [-0.4, -0.2) is 9.97 Å². The van der Waals surface area contributed by atoms with Crippen molar-refractivity contribution in [3.05, 3.63) is 46.1 Å². The highest BCUT2D eigenvalue weighted by atomic mass is 35.5. The van der Waals surface area contributed by atoms with Gasteiger partial charge in [0.2, 0.25) is 5.28 Å². The van der Waals surface area contributed by atoms with Gasteiger partial charge in [0.05, 0.1) is 5.69 Å². The van der Waals surface area contributed by atoms with Gasteiger partial charge in [-0.25, -0.2) is 9.37 Å². The van der Waals surface area contributed by atoms with E-state index < -0.39 is 5.82 Å². The average Bonchev–Trinajstić information content (AvgIpc) is 2.28. The van der Waals surface area contributed by atoms with Crippen molar-refractivity contribution < 1.29 is 4.39 Å². The first-order valence-electron chi connectivity index (χ1n) is 4.78. The van der Waals surface area contributed by atoms with Crippen LogP contribution in [0.3, 0.4) is 0 Å². The molecule has 3 nitrogen and oxygen atoms in total. The number of anilines is 2. The van der Waals surface area contributed by atoms with Crippen molar-refractivity contribution in [2.24, 2.45) is 0 Å². The van der Waals surface area contributed by atoms with E-state index in [0.29, 0.717) is 10.7 Å². The van der Waals surface area contributed by atoms with Crippen LogP contribution in [0.4, 0.5) is 15.9 Å². The molecule has 0 unspecified atom stereocenters. The summed E-state index contributed by atoms with van der Waals surface area (Å²) in [7, 11) is 0. The van der Waals surface area contributed by atoms with Crippen LogP contribution in [-0.2, 0) is 0 Å². The number of nitrogens with zero attached hydrogens (tertiary/aromatic N) is 2. The first-order valence-corrected chi connectivity index (χ1v) is 5.54. The summed E-state index contributed by atoms with van der Waals surface area (Å²) in [5.74, 6) is -0.478. The van der Waals surface area contributed by atoms with Gasteiger partial charge in [-0.05, 0) is 42.8 Å². The molecule has 0 bridgehead atoms. The molecule has 2 aromatic rings. The van der Waals surface area contributed by atoms with Gasteiger partial charge in [0, 0.05) is 10.7 Å². The minimum absolute atomic E-state index is 0.000337. The van der Waals surface area contributed by atoms with Crippen molar-refractivity contribution in [3.8, 4) is 0 Å². The van der Waals surface area contributed by atoms with E-state index in [1.807, 2.05) is 0 Å². The molecule has 1 aromatic heterocycles. The van der Waals surface area contributed by atoms with E-state index in [-0.39, 0.29) is 16.8 Å². The number of halogens is 3. The minimum Gasteiger partial charge on any atom is -0.338 e. The van der Waals surface area contributed by atoms with Crippen molar-refractivity contribution in [1.29, 1.82) is 0 Å². The number of nitrogens with one attached hydrogen (secondary N) is 1. The molecular formula is C11H8Cl2FN3. The second-order valence-corrected chi connectivity index (χ2v) is 4.15. The van der Waals surface area contributed by atoms with Gasteiger partial charge in [0.1, 0.15) is 0 Å². The molecule has 88 valence electrons. The Morgan fingerprint density at radius 1 is 1.12 bits per heavy atom. The van der Waals surface area contributed by atoms with Crippen molar-refractivity contribution in [2.45, 2.75) is 6.92 Å². The van der Waals surface area contributed by atoms with Crippen LogP contribution in [0.25, 0.3) is 0 Å². The third-order valence-electron chi connectivity index (χ3n) is 2.10. The Hall–Kier alpha value is -1.39. The lowest BCUT2D eigenvalue weighted by Crippen LogP contribution is -2.01. The first kappa shape index (κ1) is 12.1. The summed E-state index contributed by atoms with van der Waals surface area (Å²) in [4.78, 5) is 7.49. The van der Waals surface area contributed by atoms with Crippen LogP contribution < -0.4 is 5.32 Å². The average molecular weight is 272 g/mol. The van der Waals surface area contributed by atoms with Crippen LogP contribution in [0, 0.1) is 12.7 Å². The van der Waals surface area contributed by atoms with E-state index in [4.69, 9.17) is 23.2 Å². The summed E-state index contributed by atoms with van der Waals surface area (Å²) >= 11 is 11.4. The van der Waals surface area contributed by atoms with Crippen LogP contribution in [0.15, 0.2) is 24.3 Å². The van der Waals surface area contributed by atoms with Crippen molar-refractivity contribution in [1.82, 2.24) is 9.97 Å². The predicted octanol–water partition coefficient (Wildman–Crippen LogP) is 3.97. The first-order chi connectivity index (χ1) is 8.06. The van der Waals surface area contributed by atoms with E-state index in [1.54, 1.807) is 24.3 Å². The third kappa shape index (κ3) is 2.84. The third-order valence-corrected chi connectivity index (χ3v) is 2.52. The maximum absolute atomic E-state index is 13.7. The summed E-state index contributed by atoms with van der Waals surface area (Å²) in [5.41, 5.74) is 0.865. The van der Waals surface area contributed by atoms with Crippen LogP contribution >= 0.6 is 23.2 Å². The van der Waals surface area contributed by atoms with Gasteiger partial charge in [-0.1, -0.05) is 11.6 Å². The van der Waals surface area contributed by atoms with Gasteiger partial charge in [-0.2, -0.15) is 4.98 Å². The normalized spacial score (nSPS) is 10.4. The molecule has 0 fully saturated rings. The molecule has 1 aromatic carbocycles. The molecule has 0 saturated heterocycles. The Kier molecular flexibility index (Phi) is 3.45. The zero-order valence-corrected chi connectivity index (χ0v) is 10.3. The molecule has 0 atom stereocenters. The zero-order chi connectivity index (χ0) is 12.4. The summed E-state index contributed by atoms with van der Waals surface area (Å²) in [6, 6.07) is 6.81. The maximum Gasteiger partial charge on any atom is 0.224 e. The molecule has 0 aliphatic rings. The second kappa shape index (κ2) is 4.85. The fourth-order valence-electron chi connectivity index (χ4n) is 1.28. The molecular weight excluding hydrogens is 264 g/mol. The van der Waals surface area contributed by atoms with E-state index >= 15 is 0 Å². The molecule has 6 heteroatoms. The summed E-state index contributed by atoms with van der Waals surface area (Å²) in [6.45, 7) is 1.52. The van der Waals surface area contributed by atoms with Crippen LogP contribution in [0.5, 0.6) is 0 Å². The van der Waals surface area contributed by atoms with Gasteiger partial charge in [0.25, 0.3) is 0 Å². The maximum atomic E-state index is 13.7. The smallest absolute Gasteiger partial charge is 0.224 e. The number of rotatable bonds is 2. The lowest BCUT2D eigenvalue weighted by Gasteiger charge is -2.08. The zero-order valence-electron chi connectivity index (χ0n) is 8.84. The highest BCUT2D eigenvalue weighted by Gasteiger charge is 2.10. The van der Waals surface area contributed by atoms with Gasteiger partial charge in [0.15, 0.2) is 11.6 Å². The topological polar surface area (TPSA) is 37.8 Å². The van der Waals surface area contributed by atoms with Gasteiger partial charge >= 0.3 is 0 Å². The number of hydrogen-bond acceptors (Lipinski definition) is 3. The van der Waals surface area contributed by atoms with E-state index in [9.17, 15) is 4.39 Å². The fourth-order valence-corrected chi connectivity index (χ4v) is 1.62. The molecule has 17 heavy (non-hydrogen) atoms.